The average molecular weight is 1010 g/mol. The van der Waals surface area contributed by atoms with Gasteiger partial charge in [-0.2, -0.15) is 5.26 Å². The van der Waals surface area contributed by atoms with E-state index in [1.165, 1.54) is 14.2 Å². The summed E-state index contributed by atoms with van der Waals surface area (Å²) in [5, 5.41) is 11.4. The summed E-state index contributed by atoms with van der Waals surface area (Å²) in [5.41, 5.74) is 9.65. The van der Waals surface area contributed by atoms with Crippen LogP contribution < -0.4 is 14.7 Å². The summed E-state index contributed by atoms with van der Waals surface area (Å²) in [7, 11) is 2.77. The van der Waals surface area contributed by atoms with Crippen LogP contribution in [0.1, 0.15) is 58.4 Å². The highest BCUT2D eigenvalue weighted by molar-refractivity contribution is 6.06. The zero-order valence-electron chi connectivity index (χ0n) is 43.3. The number of rotatable bonds is 7. The van der Waals surface area contributed by atoms with E-state index in [-0.39, 0.29) is 6.09 Å². The predicted molar refractivity (Wildman–Crippen MR) is 286 cm³/mol. The number of morpholine rings is 2. The topological polar surface area (TPSA) is 196 Å². The standard InChI is InChI=1S/C31H36N6O5.C25H23N5O3/c1-31(2,3)42-30(39)36-11-9-35(10-12-36)27-19-25(22-7-5-6-8-24(22)33-27)37-20-32-28-23(29(38)40-4)17-21(18-26(28)37)34-13-15-41-16-14-34;1-15-14-27-22-17(13-26)5-4-6-19(22)24(15)30-16(2)28-23-20(25(31)32-3)11-18(12-21(23)30)29-7-9-33-10-8-29/h5-8,17-20H,9-16H2,1-4H3;4-6,11-12,14H,7-10H2,1-3H3. The summed E-state index contributed by atoms with van der Waals surface area (Å²) < 4.78 is 30.9. The number of hydrogen-bond donors (Lipinski definition) is 0. The Balaban J connectivity index is 0.000000176. The van der Waals surface area contributed by atoms with Crippen LogP contribution in [0, 0.1) is 25.2 Å². The number of nitrogens with zero attached hydrogens (tertiary/aromatic N) is 11. The molecular formula is C56H59N11O8. The number of aromatic nitrogens is 6. The molecule has 7 heterocycles. The molecule has 0 saturated carbocycles. The first-order chi connectivity index (χ1) is 36.2. The van der Waals surface area contributed by atoms with Crippen LogP contribution in [0.3, 0.4) is 0 Å². The van der Waals surface area contributed by atoms with E-state index in [9.17, 15) is 19.6 Å². The molecular weight excluding hydrogens is 955 g/mol. The Hall–Kier alpha value is -8.34. The van der Waals surface area contributed by atoms with Gasteiger partial charge < -0.3 is 43.3 Å². The van der Waals surface area contributed by atoms with Gasteiger partial charge in [-0.1, -0.05) is 30.3 Å². The number of methoxy groups -OCH3 is 2. The van der Waals surface area contributed by atoms with Gasteiger partial charge in [-0.3, -0.25) is 14.1 Å². The molecule has 8 aromatic rings. The van der Waals surface area contributed by atoms with Gasteiger partial charge in [0.05, 0.1) is 90.8 Å². The van der Waals surface area contributed by atoms with Crippen LogP contribution in [0.15, 0.2) is 85.3 Å². The lowest BCUT2D eigenvalue weighted by atomic mass is 10.1. The van der Waals surface area contributed by atoms with E-state index >= 15 is 0 Å². The molecule has 0 bridgehead atoms. The number of piperazine rings is 1. The Morgan fingerprint density at radius 3 is 1.91 bits per heavy atom. The Morgan fingerprint density at radius 2 is 1.28 bits per heavy atom. The molecule has 19 heteroatoms. The third kappa shape index (κ3) is 9.93. The molecule has 386 valence electrons. The minimum absolute atomic E-state index is 0.295. The zero-order valence-corrected chi connectivity index (χ0v) is 43.3. The molecule has 0 spiro atoms. The largest absolute Gasteiger partial charge is 0.465 e. The van der Waals surface area contributed by atoms with E-state index in [1.807, 2.05) is 92.3 Å². The van der Waals surface area contributed by atoms with Crippen LogP contribution in [0.5, 0.6) is 0 Å². The number of hydrogen-bond acceptors (Lipinski definition) is 16. The van der Waals surface area contributed by atoms with Crippen molar-refractivity contribution in [2.75, 3.05) is 108 Å². The van der Waals surface area contributed by atoms with Crippen molar-refractivity contribution in [1.29, 1.82) is 5.26 Å². The molecule has 0 aliphatic carbocycles. The molecule has 4 aromatic carbocycles. The number of aryl methyl sites for hydroxylation is 2. The summed E-state index contributed by atoms with van der Waals surface area (Å²) in [6.07, 6.45) is 3.24. The first-order valence-corrected chi connectivity index (χ1v) is 25.0. The van der Waals surface area contributed by atoms with Crippen LogP contribution in [-0.4, -0.2) is 151 Å². The maximum atomic E-state index is 12.9. The maximum Gasteiger partial charge on any atom is 0.410 e. The lowest BCUT2D eigenvalue weighted by Crippen LogP contribution is -2.50. The lowest BCUT2D eigenvalue weighted by molar-refractivity contribution is 0.0240. The monoisotopic (exact) mass is 1010 g/mol. The molecule has 3 aliphatic rings. The molecule has 3 saturated heterocycles. The first kappa shape index (κ1) is 50.2. The van der Waals surface area contributed by atoms with Crippen molar-refractivity contribution in [3.8, 4) is 17.4 Å². The molecule has 0 N–H and O–H groups in total. The number of imidazole rings is 2. The normalized spacial score (nSPS) is 15.2. The van der Waals surface area contributed by atoms with Crippen LogP contribution in [0.4, 0.5) is 22.0 Å². The Kier molecular flexibility index (Phi) is 14.0. The van der Waals surface area contributed by atoms with Gasteiger partial charge in [-0.05, 0) is 76.6 Å². The predicted octanol–water partition coefficient (Wildman–Crippen LogP) is 7.94. The summed E-state index contributed by atoms with van der Waals surface area (Å²) in [5.74, 6) is 0.686. The number of carbonyl (C=O) groups is 3. The van der Waals surface area contributed by atoms with E-state index in [0.29, 0.717) is 85.8 Å². The molecule has 1 amide bonds. The van der Waals surface area contributed by atoms with Crippen LogP contribution in [0.2, 0.25) is 0 Å². The second kappa shape index (κ2) is 20.9. The molecule has 75 heavy (non-hydrogen) atoms. The number of para-hydroxylation sites is 2. The Morgan fingerprint density at radius 1 is 0.667 bits per heavy atom. The fourth-order valence-corrected chi connectivity index (χ4v) is 10.0. The highest BCUT2D eigenvalue weighted by Gasteiger charge is 2.29. The van der Waals surface area contributed by atoms with Crippen molar-refractivity contribution in [1.82, 2.24) is 34.0 Å². The van der Waals surface area contributed by atoms with Crippen molar-refractivity contribution >= 4 is 79.1 Å². The van der Waals surface area contributed by atoms with Gasteiger partial charge in [0.1, 0.15) is 40.7 Å². The van der Waals surface area contributed by atoms with Gasteiger partial charge in [0, 0.05) is 86.8 Å². The number of ether oxygens (including phenoxy) is 5. The number of anilines is 3. The molecule has 11 rings (SSSR count). The third-order valence-corrected chi connectivity index (χ3v) is 13.7. The van der Waals surface area contributed by atoms with E-state index in [4.69, 9.17) is 33.7 Å². The quantitative estimate of drug-likeness (QED) is 0.110. The van der Waals surface area contributed by atoms with Gasteiger partial charge in [0.2, 0.25) is 0 Å². The second-order valence-corrected chi connectivity index (χ2v) is 19.6. The SMILES string of the molecule is COC(=O)c1cc(N2CCOCC2)cc2c1nc(C)n2-c1c(C)cnc2c(C#N)cccc12.COC(=O)c1cc(N2CCOCC2)cc2c1ncn2-c1cc(N2CCN(C(=O)OC(C)(C)C)CC2)nc2ccccc12. The van der Waals surface area contributed by atoms with E-state index in [1.54, 1.807) is 23.5 Å². The number of amides is 1. The van der Waals surface area contributed by atoms with Gasteiger partial charge in [-0.25, -0.2) is 29.3 Å². The number of nitriles is 1. The molecule has 4 aromatic heterocycles. The lowest BCUT2D eigenvalue weighted by Gasteiger charge is -2.36. The zero-order chi connectivity index (χ0) is 52.5. The number of pyridine rings is 2. The van der Waals surface area contributed by atoms with E-state index < -0.39 is 17.5 Å². The fraction of sp³-hybridized carbons (Fsp3) is 0.357. The summed E-state index contributed by atoms with van der Waals surface area (Å²) in [6.45, 7) is 17.3. The van der Waals surface area contributed by atoms with Crippen molar-refractivity contribution < 1.29 is 38.1 Å². The molecule has 19 nitrogen and oxygen atoms in total. The summed E-state index contributed by atoms with van der Waals surface area (Å²) in [6, 6.07) is 25.7. The molecule has 3 fully saturated rings. The van der Waals surface area contributed by atoms with Crippen molar-refractivity contribution in [3.05, 3.63) is 113 Å². The second-order valence-electron chi connectivity index (χ2n) is 19.6. The molecule has 3 aliphatic heterocycles. The Bertz CT molecular complexity index is 3540. The smallest absolute Gasteiger partial charge is 0.410 e. The van der Waals surface area contributed by atoms with Gasteiger partial charge in [0.15, 0.2) is 0 Å². The van der Waals surface area contributed by atoms with E-state index in [2.05, 4.69) is 48.9 Å². The van der Waals surface area contributed by atoms with Gasteiger partial charge in [-0.15, -0.1) is 0 Å². The highest BCUT2D eigenvalue weighted by Crippen LogP contribution is 2.36. The fourth-order valence-electron chi connectivity index (χ4n) is 10.0. The molecule has 0 atom stereocenters. The third-order valence-electron chi connectivity index (χ3n) is 13.7. The number of fused-ring (bicyclic) bond motifs is 4. The summed E-state index contributed by atoms with van der Waals surface area (Å²) in [4.78, 5) is 65.5. The van der Waals surface area contributed by atoms with Crippen LogP contribution in [0.25, 0.3) is 55.2 Å². The minimum Gasteiger partial charge on any atom is -0.465 e. The van der Waals surface area contributed by atoms with Crippen molar-refractivity contribution in [2.24, 2.45) is 0 Å². The van der Waals surface area contributed by atoms with Crippen molar-refractivity contribution in [3.63, 3.8) is 0 Å². The van der Waals surface area contributed by atoms with Gasteiger partial charge in [0.25, 0.3) is 0 Å². The maximum absolute atomic E-state index is 12.9. The number of carbonyl (C=O) groups excluding carboxylic acids is 3. The average Bonchev–Trinajstić information content (AvgIpc) is 4.01. The minimum atomic E-state index is -0.536. The van der Waals surface area contributed by atoms with Crippen LogP contribution in [-0.2, 0) is 23.7 Å². The van der Waals surface area contributed by atoms with E-state index in [0.717, 1.165) is 93.5 Å². The van der Waals surface area contributed by atoms with Crippen molar-refractivity contribution in [2.45, 2.75) is 40.2 Å². The summed E-state index contributed by atoms with van der Waals surface area (Å²) >= 11 is 0. The van der Waals surface area contributed by atoms with Gasteiger partial charge >= 0.3 is 18.0 Å². The number of benzene rings is 4. The molecule has 0 unspecified atom stereocenters. The number of esters is 2. The first-order valence-electron chi connectivity index (χ1n) is 25.0. The van der Waals surface area contributed by atoms with Crippen LogP contribution >= 0.6 is 0 Å². The molecule has 0 radical (unpaired) electrons. The Labute approximate surface area is 433 Å². The highest BCUT2D eigenvalue weighted by atomic mass is 16.6.